The third kappa shape index (κ3) is 2.78. The van der Waals surface area contributed by atoms with Crippen molar-refractivity contribution in [3.05, 3.63) is 34.5 Å². The van der Waals surface area contributed by atoms with Crippen LogP contribution in [-0.4, -0.2) is 11.5 Å². The predicted octanol–water partition coefficient (Wildman–Crippen LogP) is 4.96. The third-order valence-electron chi connectivity index (χ3n) is 2.98. The van der Waals surface area contributed by atoms with Crippen molar-refractivity contribution in [3.63, 3.8) is 0 Å². The molecule has 1 aromatic heterocycles. The quantitative estimate of drug-likeness (QED) is 0.858. The van der Waals surface area contributed by atoms with E-state index >= 15 is 0 Å². The molecule has 0 saturated heterocycles. The van der Waals surface area contributed by atoms with Crippen LogP contribution >= 0.6 is 11.6 Å². The Hall–Kier alpha value is -1.42. The highest BCUT2D eigenvalue weighted by Crippen LogP contribution is 2.32. The van der Waals surface area contributed by atoms with E-state index in [4.69, 9.17) is 11.6 Å². The number of anilines is 1. The number of hydrogen-bond donors (Lipinski definition) is 1. The van der Waals surface area contributed by atoms with E-state index in [-0.39, 0.29) is 5.69 Å². The van der Waals surface area contributed by atoms with Gasteiger partial charge in [0.15, 0.2) is 0 Å². The number of benzene rings is 1. The second kappa shape index (κ2) is 5.70. The molecule has 0 radical (unpaired) electrons. The first-order chi connectivity index (χ1) is 9.04. The van der Waals surface area contributed by atoms with E-state index in [1.807, 2.05) is 13.0 Å². The molecule has 0 amide bonds. The minimum Gasteiger partial charge on any atom is -0.384 e. The first-order valence-corrected chi connectivity index (χ1v) is 6.54. The van der Waals surface area contributed by atoms with Crippen molar-refractivity contribution in [1.29, 1.82) is 0 Å². The molecule has 5 heteroatoms. The summed E-state index contributed by atoms with van der Waals surface area (Å²) in [6, 6.07) is 4.99. The van der Waals surface area contributed by atoms with Gasteiger partial charge in [0.25, 0.3) is 6.43 Å². The van der Waals surface area contributed by atoms with Crippen LogP contribution in [0.15, 0.2) is 18.2 Å². The van der Waals surface area contributed by atoms with E-state index < -0.39 is 6.43 Å². The van der Waals surface area contributed by atoms with Gasteiger partial charge in [-0.25, -0.2) is 13.8 Å². The Morgan fingerprint density at radius 1 is 1.37 bits per heavy atom. The molecule has 19 heavy (non-hydrogen) atoms. The number of nitrogens with one attached hydrogen (secondary N) is 1. The molecule has 2 rings (SSSR count). The number of hydrogen-bond acceptors (Lipinski definition) is 2. The maximum absolute atomic E-state index is 12.9. The van der Waals surface area contributed by atoms with Crippen molar-refractivity contribution < 1.29 is 8.78 Å². The van der Waals surface area contributed by atoms with E-state index in [2.05, 4.69) is 10.3 Å². The summed E-state index contributed by atoms with van der Waals surface area (Å²) in [5.74, 6) is 0. The summed E-state index contributed by atoms with van der Waals surface area (Å²) in [5, 5.41) is 4.52. The molecule has 0 spiro atoms. The number of pyridine rings is 1. The smallest absolute Gasteiger partial charge is 0.280 e. The molecule has 0 aliphatic heterocycles. The standard InChI is InChI=1S/C14H15ClF2N2/c1-3-6-18-11-7-12(14(16)17)19-13-8(2)10(15)5-4-9(11)13/h4-5,7,14H,3,6H2,1-2H3,(H,18,19). The molecular weight excluding hydrogens is 270 g/mol. The van der Waals surface area contributed by atoms with Crippen molar-refractivity contribution in [2.75, 3.05) is 11.9 Å². The van der Waals surface area contributed by atoms with Crippen molar-refractivity contribution in [2.24, 2.45) is 0 Å². The number of nitrogens with zero attached hydrogens (tertiary/aromatic N) is 1. The van der Waals surface area contributed by atoms with Crippen molar-refractivity contribution in [2.45, 2.75) is 26.7 Å². The van der Waals surface area contributed by atoms with Gasteiger partial charge in [-0.15, -0.1) is 0 Å². The van der Waals surface area contributed by atoms with Gasteiger partial charge in [-0.3, -0.25) is 0 Å². The second-order valence-electron chi connectivity index (χ2n) is 4.39. The predicted molar refractivity (Wildman–Crippen MR) is 75.2 cm³/mol. The summed E-state index contributed by atoms with van der Waals surface area (Å²) in [6.07, 6.45) is -1.68. The lowest BCUT2D eigenvalue weighted by Gasteiger charge is -2.13. The lowest BCUT2D eigenvalue weighted by molar-refractivity contribution is 0.146. The first kappa shape index (κ1) is 14.0. The van der Waals surface area contributed by atoms with Gasteiger partial charge in [-0.2, -0.15) is 0 Å². The van der Waals surface area contributed by atoms with Gasteiger partial charge < -0.3 is 5.32 Å². The van der Waals surface area contributed by atoms with Gasteiger partial charge in [0, 0.05) is 22.6 Å². The van der Waals surface area contributed by atoms with Crippen LogP contribution in [0.25, 0.3) is 10.9 Å². The zero-order chi connectivity index (χ0) is 14.0. The molecular formula is C14H15ClF2N2. The Morgan fingerprint density at radius 2 is 2.11 bits per heavy atom. The molecule has 1 heterocycles. The van der Waals surface area contributed by atoms with Crippen LogP contribution in [0, 0.1) is 6.92 Å². The largest absolute Gasteiger partial charge is 0.384 e. The van der Waals surface area contributed by atoms with Gasteiger partial charge in [0.1, 0.15) is 5.69 Å². The number of aromatic nitrogens is 1. The Labute approximate surface area is 115 Å². The fourth-order valence-corrected chi connectivity index (χ4v) is 2.09. The van der Waals surface area contributed by atoms with Gasteiger partial charge in [-0.05, 0) is 37.1 Å². The summed E-state index contributed by atoms with van der Waals surface area (Å²) in [5.41, 5.74) is 1.71. The minimum absolute atomic E-state index is 0.225. The van der Waals surface area contributed by atoms with E-state index in [1.54, 1.807) is 13.0 Å². The highest BCUT2D eigenvalue weighted by atomic mass is 35.5. The van der Waals surface area contributed by atoms with Gasteiger partial charge in [0.05, 0.1) is 5.52 Å². The zero-order valence-electron chi connectivity index (χ0n) is 10.8. The number of aryl methyl sites for hydroxylation is 1. The van der Waals surface area contributed by atoms with Gasteiger partial charge in [-0.1, -0.05) is 18.5 Å². The Balaban J connectivity index is 2.67. The van der Waals surface area contributed by atoms with Gasteiger partial charge in [0.2, 0.25) is 0 Å². The minimum atomic E-state index is -2.59. The second-order valence-corrected chi connectivity index (χ2v) is 4.80. The summed E-state index contributed by atoms with van der Waals surface area (Å²) in [6.45, 7) is 4.53. The summed E-state index contributed by atoms with van der Waals surface area (Å²) < 4.78 is 25.8. The lowest BCUT2D eigenvalue weighted by atomic mass is 10.1. The number of rotatable bonds is 4. The molecule has 0 unspecified atom stereocenters. The molecule has 0 fully saturated rings. The van der Waals surface area contributed by atoms with Crippen LogP contribution in [0.3, 0.4) is 0 Å². The maximum Gasteiger partial charge on any atom is 0.280 e. The third-order valence-corrected chi connectivity index (χ3v) is 3.39. The fourth-order valence-electron chi connectivity index (χ4n) is 1.94. The maximum atomic E-state index is 12.9. The zero-order valence-corrected chi connectivity index (χ0v) is 11.6. The number of fused-ring (bicyclic) bond motifs is 1. The van der Waals surface area contributed by atoms with E-state index in [1.165, 1.54) is 6.07 Å². The van der Waals surface area contributed by atoms with Crippen LogP contribution in [0.4, 0.5) is 14.5 Å². The van der Waals surface area contributed by atoms with Crippen LogP contribution in [0.5, 0.6) is 0 Å². The lowest BCUT2D eigenvalue weighted by Crippen LogP contribution is -2.03. The molecule has 0 bridgehead atoms. The number of alkyl halides is 2. The molecule has 1 N–H and O–H groups in total. The van der Waals surface area contributed by atoms with Crippen LogP contribution in [0.1, 0.15) is 31.0 Å². The van der Waals surface area contributed by atoms with E-state index in [0.717, 1.165) is 23.9 Å². The summed E-state index contributed by atoms with van der Waals surface area (Å²) >= 11 is 6.03. The first-order valence-electron chi connectivity index (χ1n) is 6.16. The Morgan fingerprint density at radius 3 is 2.74 bits per heavy atom. The van der Waals surface area contributed by atoms with E-state index in [0.29, 0.717) is 16.2 Å². The summed E-state index contributed by atoms with van der Waals surface area (Å²) in [7, 11) is 0. The molecule has 0 aliphatic rings. The fraction of sp³-hybridized carbons (Fsp3) is 0.357. The van der Waals surface area contributed by atoms with Crippen molar-refractivity contribution >= 4 is 28.2 Å². The highest BCUT2D eigenvalue weighted by molar-refractivity contribution is 6.32. The average Bonchev–Trinajstić information content (AvgIpc) is 2.40. The molecule has 2 nitrogen and oxygen atoms in total. The molecule has 0 atom stereocenters. The molecule has 0 aliphatic carbocycles. The normalized spacial score (nSPS) is 11.3. The van der Waals surface area contributed by atoms with Crippen LogP contribution < -0.4 is 5.32 Å². The Kier molecular flexibility index (Phi) is 4.20. The van der Waals surface area contributed by atoms with Crippen LogP contribution in [0.2, 0.25) is 5.02 Å². The van der Waals surface area contributed by atoms with Gasteiger partial charge >= 0.3 is 0 Å². The molecule has 102 valence electrons. The average molecular weight is 285 g/mol. The Bertz CT molecular complexity index is 600. The van der Waals surface area contributed by atoms with Crippen molar-refractivity contribution in [1.82, 2.24) is 4.98 Å². The molecule has 1 aromatic carbocycles. The highest BCUT2D eigenvalue weighted by Gasteiger charge is 2.15. The summed E-state index contributed by atoms with van der Waals surface area (Å²) in [4.78, 5) is 4.03. The molecule has 0 saturated carbocycles. The monoisotopic (exact) mass is 284 g/mol. The topological polar surface area (TPSA) is 24.9 Å². The SMILES string of the molecule is CCCNc1cc(C(F)F)nc2c(C)c(Cl)ccc12. The van der Waals surface area contributed by atoms with Crippen molar-refractivity contribution in [3.8, 4) is 0 Å². The molecule has 2 aromatic rings. The van der Waals surface area contributed by atoms with E-state index in [9.17, 15) is 8.78 Å². The van der Waals surface area contributed by atoms with Crippen LogP contribution in [-0.2, 0) is 0 Å². The number of halogens is 3.